The number of nitrogens with one attached hydrogen (secondary N) is 1. The first-order chi connectivity index (χ1) is 5.77. The Hall–Kier alpha value is -0.450. The molecule has 1 aromatic heterocycles. The minimum Gasteiger partial charge on any atom is -0.394 e. The molecular formula is C8H14N2OS. The van der Waals surface area contributed by atoms with Gasteiger partial charge in [-0.05, 0) is 13.5 Å². The van der Waals surface area contributed by atoms with Crippen LogP contribution in [0, 0.1) is 6.92 Å². The number of aliphatic hydroxyl groups excluding tert-OH is 1. The van der Waals surface area contributed by atoms with E-state index in [2.05, 4.69) is 10.3 Å². The molecule has 0 amide bonds. The van der Waals surface area contributed by atoms with Crippen molar-refractivity contribution in [2.75, 3.05) is 13.2 Å². The summed E-state index contributed by atoms with van der Waals surface area (Å²) in [6.07, 6.45) is 0. The molecule has 0 aliphatic carbocycles. The zero-order valence-corrected chi connectivity index (χ0v) is 8.19. The predicted octanol–water partition coefficient (Wildman–Crippen LogP) is 1.09. The van der Waals surface area contributed by atoms with E-state index in [1.54, 1.807) is 11.3 Å². The molecule has 0 fully saturated rings. The third kappa shape index (κ3) is 2.27. The Balaban J connectivity index is 2.66. The molecule has 68 valence electrons. The van der Waals surface area contributed by atoms with E-state index >= 15 is 0 Å². The van der Waals surface area contributed by atoms with Crippen LogP contribution in [-0.2, 0) is 0 Å². The van der Waals surface area contributed by atoms with Crippen LogP contribution in [0.4, 0.5) is 0 Å². The summed E-state index contributed by atoms with van der Waals surface area (Å²) in [5, 5.41) is 15.2. The molecule has 0 spiro atoms. The average molecular weight is 186 g/mol. The number of hydrogen-bond donors (Lipinski definition) is 2. The summed E-state index contributed by atoms with van der Waals surface area (Å²) in [5.41, 5.74) is 0.946. The second kappa shape index (κ2) is 4.54. The Morgan fingerprint density at radius 2 is 2.50 bits per heavy atom. The highest BCUT2D eigenvalue weighted by atomic mass is 32.1. The van der Waals surface area contributed by atoms with E-state index in [9.17, 15) is 0 Å². The number of thiazole rings is 1. The molecule has 4 heteroatoms. The van der Waals surface area contributed by atoms with Gasteiger partial charge in [0, 0.05) is 5.38 Å². The van der Waals surface area contributed by atoms with Gasteiger partial charge in [0.2, 0.25) is 0 Å². The standard InChI is InChI=1S/C8H14N2OS/c1-3-9-7(4-11)8-5-12-6(2)10-8/h5,7,9,11H,3-4H2,1-2H3. The fourth-order valence-electron chi connectivity index (χ4n) is 1.05. The van der Waals surface area contributed by atoms with Gasteiger partial charge in [-0.2, -0.15) is 0 Å². The molecule has 0 aromatic carbocycles. The number of aryl methyl sites for hydroxylation is 1. The largest absolute Gasteiger partial charge is 0.394 e. The highest BCUT2D eigenvalue weighted by Gasteiger charge is 2.10. The lowest BCUT2D eigenvalue weighted by Crippen LogP contribution is -2.24. The second-order valence-electron chi connectivity index (χ2n) is 2.58. The van der Waals surface area contributed by atoms with E-state index in [0.717, 1.165) is 17.2 Å². The van der Waals surface area contributed by atoms with Crippen molar-refractivity contribution in [3.63, 3.8) is 0 Å². The van der Waals surface area contributed by atoms with Crippen LogP contribution in [0.5, 0.6) is 0 Å². The number of likely N-dealkylation sites (N-methyl/N-ethyl adjacent to an activating group) is 1. The first-order valence-corrected chi connectivity index (χ1v) is 4.92. The third-order valence-electron chi connectivity index (χ3n) is 1.63. The summed E-state index contributed by atoms with van der Waals surface area (Å²) in [6, 6.07) is -0.0000463. The van der Waals surface area contributed by atoms with Gasteiger partial charge < -0.3 is 10.4 Å². The normalized spacial score (nSPS) is 13.2. The summed E-state index contributed by atoms with van der Waals surface area (Å²) in [5.74, 6) is 0. The van der Waals surface area contributed by atoms with Gasteiger partial charge in [-0.25, -0.2) is 4.98 Å². The van der Waals surface area contributed by atoms with Gasteiger partial charge in [0.25, 0.3) is 0 Å². The molecular weight excluding hydrogens is 172 g/mol. The minimum absolute atomic E-state index is 0.0000463. The van der Waals surface area contributed by atoms with Crippen LogP contribution in [-0.4, -0.2) is 23.2 Å². The summed E-state index contributed by atoms with van der Waals surface area (Å²) in [4.78, 5) is 4.30. The molecule has 0 radical (unpaired) electrons. The topological polar surface area (TPSA) is 45.1 Å². The summed E-state index contributed by atoms with van der Waals surface area (Å²) >= 11 is 1.61. The van der Waals surface area contributed by atoms with Crippen LogP contribution in [0.3, 0.4) is 0 Å². The first kappa shape index (κ1) is 9.64. The fraction of sp³-hybridized carbons (Fsp3) is 0.625. The molecule has 0 aliphatic rings. The smallest absolute Gasteiger partial charge is 0.0898 e. The van der Waals surface area contributed by atoms with Crippen LogP contribution < -0.4 is 5.32 Å². The van der Waals surface area contributed by atoms with E-state index in [1.165, 1.54) is 0 Å². The average Bonchev–Trinajstić information content (AvgIpc) is 2.47. The maximum absolute atomic E-state index is 9.02. The van der Waals surface area contributed by atoms with Crippen molar-refractivity contribution in [2.24, 2.45) is 0 Å². The highest BCUT2D eigenvalue weighted by Crippen LogP contribution is 2.15. The van der Waals surface area contributed by atoms with Crippen molar-refractivity contribution >= 4 is 11.3 Å². The first-order valence-electron chi connectivity index (χ1n) is 4.04. The second-order valence-corrected chi connectivity index (χ2v) is 3.65. The lowest BCUT2D eigenvalue weighted by atomic mass is 10.2. The van der Waals surface area contributed by atoms with Gasteiger partial charge in [-0.3, -0.25) is 0 Å². The van der Waals surface area contributed by atoms with E-state index < -0.39 is 0 Å². The summed E-state index contributed by atoms with van der Waals surface area (Å²) in [7, 11) is 0. The molecule has 1 unspecified atom stereocenters. The molecule has 0 saturated heterocycles. The monoisotopic (exact) mass is 186 g/mol. The zero-order valence-electron chi connectivity index (χ0n) is 7.37. The number of hydrogen-bond acceptors (Lipinski definition) is 4. The molecule has 1 rings (SSSR count). The molecule has 1 atom stereocenters. The Labute approximate surface area is 76.5 Å². The minimum atomic E-state index is -0.0000463. The number of aliphatic hydroxyl groups is 1. The molecule has 1 aromatic rings. The van der Waals surface area contributed by atoms with Crippen LogP contribution >= 0.6 is 11.3 Å². The fourth-order valence-corrected chi connectivity index (χ4v) is 1.72. The van der Waals surface area contributed by atoms with E-state index in [-0.39, 0.29) is 12.6 Å². The highest BCUT2D eigenvalue weighted by molar-refractivity contribution is 7.09. The molecule has 1 heterocycles. The zero-order chi connectivity index (χ0) is 8.97. The van der Waals surface area contributed by atoms with Crippen molar-refractivity contribution in [3.8, 4) is 0 Å². The SMILES string of the molecule is CCNC(CO)c1csc(C)n1. The van der Waals surface area contributed by atoms with Crippen LogP contribution in [0.2, 0.25) is 0 Å². The van der Waals surface area contributed by atoms with Crippen molar-refractivity contribution < 1.29 is 5.11 Å². The van der Waals surface area contributed by atoms with Crippen LogP contribution in [0.25, 0.3) is 0 Å². The quantitative estimate of drug-likeness (QED) is 0.740. The van der Waals surface area contributed by atoms with Gasteiger partial charge in [0.1, 0.15) is 0 Å². The van der Waals surface area contributed by atoms with Gasteiger partial charge in [0.05, 0.1) is 23.4 Å². The van der Waals surface area contributed by atoms with Gasteiger partial charge in [0.15, 0.2) is 0 Å². The maximum atomic E-state index is 9.02. The lowest BCUT2D eigenvalue weighted by Gasteiger charge is -2.11. The lowest BCUT2D eigenvalue weighted by molar-refractivity contribution is 0.244. The number of rotatable bonds is 4. The van der Waals surface area contributed by atoms with Gasteiger partial charge in [-0.15, -0.1) is 11.3 Å². The van der Waals surface area contributed by atoms with E-state index in [0.29, 0.717) is 0 Å². The van der Waals surface area contributed by atoms with E-state index in [4.69, 9.17) is 5.11 Å². The Morgan fingerprint density at radius 1 is 1.75 bits per heavy atom. The molecule has 0 bridgehead atoms. The predicted molar refractivity (Wildman–Crippen MR) is 50.4 cm³/mol. The molecule has 12 heavy (non-hydrogen) atoms. The maximum Gasteiger partial charge on any atom is 0.0898 e. The van der Waals surface area contributed by atoms with Gasteiger partial charge in [-0.1, -0.05) is 6.92 Å². The summed E-state index contributed by atoms with van der Waals surface area (Å²) in [6.45, 7) is 4.94. The van der Waals surface area contributed by atoms with Crippen molar-refractivity contribution in [2.45, 2.75) is 19.9 Å². The van der Waals surface area contributed by atoms with Crippen LogP contribution in [0.1, 0.15) is 23.7 Å². The molecule has 0 aliphatic heterocycles. The Morgan fingerprint density at radius 3 is 2.92 bits per heavy atom. The Bertz CT molecular complexity index is 237. The van der Waals surface area contributed by atoms with E-state index in [1.807, 2.05) is 19.2 Å². The molecule has 0 saturated carbocycles. The van der Waals surface area contributed by atoms with Crippen molar-refractivity contribution in [3.05, 3.63) is 16.1 Å². The third-order valence-corrected chi connectivity index (χ3v) is 2.42. The number of aromatic nitrogens is 1. The summed E-state index contributed by atoms with van der Waals surface area (Å²) < 4.78 is 0. The van der Waals surface area contributed by atoms with Crippen molar-refractivity contribution in [1.82, 2.24) is 10.3 Å². The van der Waals surface area contributed by atoms with Crippen LogP contribution in [0.15, 0.2) is 5.38 Å². The molecule has 2 N–H and O–H groups in total. The Kier molecular flexibility index (Phi) is 3.65. The number of nitrogens with zero attached hydrogens (tertiary/aromatic N) is 1. The van der Waals surface area contributed by atoms with Gasteiger partial charge >= 0.3 is 0 Å². The molecule has 3 nitrogen and oxygen atoms in total. The van der Waals surface area contributed by atoms with Crippen molar-refractivity contribution in [1.29, 1.82) is 0 Å².